The van der Waals surface area contributed by atoms with Crippen LogP contribution in [0.15, 0.2) is 54.6 Å². The average Bonchev–Trinajstić information content (AvgIpc) is 2.48. The van der Waals surface area contributed by atoms with Crippen LogP contribution in [0.25, 0.3) is 11.1 Å². The summed E-state index contributed by atoms with van der Waals surface area (Å²) in [7, 11) is 0. The van der Waals surface area contributed by atoms with Gasteiger partial charge < -0.3 is 11.1 Å². The number of hydrogen-bond acceptors (Lipinski definition) is 2. The van der Waals surface area contributed by atoms with E-state index in [1.54, 1.807) is 0 Å². The maximum absolute atomic E-state index is 12.0. The SMILES string of the molecule is CC(C)C[C@H](N)C(=O)Nc1ccc(-c2ccccc2)cc1. The van der Waals surface area contributed by atoms with Gasteiger partial charge in [0.2, 0.25) is 5.91 Å². The van der Waals surface area contributed by atoms with E-state index in [0.29, 0.717) is 12.3 Å². The van der Waals surface area contributed by atoms with Crippen LogP contribution >= 0.6 is 0 Å². The van der Waals surface area contributed by atoms with Gasteiger partial charge in [-0.3, -0.25) is 4.79 Å². The zero-order valence-corrected chi connectivity index (χ0v) is 12.5. The second kappa shape index (κ2) is 7.04. The van der Waals surface area contributed by atoms with Crippen LogP contribution < -0.4 is 11.1 Å². The number of nitrogens with two attached hydrogens (primary N) is 1. The maximum Gasteiger partial charge on any atom is 0.241 e. The summed E-state index contributed by atoms with van der Waals surface area (Å²) in [4.78, 5) is 12.0. The molecule has 0 spiro atoms. The van der Waals surface area contributed by atoms with Crippen LogP contribution in [0.4, 0.5) is 5.69 Å². The zero-order chi connectivity index (χ0) is 15.2. The molecule has 3 nitrogen and oxygen atoms in total. The van der Waals surface area contributed by atoms with Crippen molar-refractivity contribution in [2.75, 3.05) is 5.32 Å². The third-order valence-corrected chi connectivity index (χ3v) is 3.32. The topological polar surface area (TPSA) is 55.1 Å². The summed E-state index contributed by atoms with van der Waals surface area (Å²) in [6.45, 7) is 4.11. The minimum absolute atomic E-state index is 0.129. The summed E-state index contributed by atoms with van der Waals surface area (Å²) in [5.74, 6) is 0.280. The van der Waals surface area contributed by atoms with Gasteiger partial charge >= 0.3 is 0 Å². The molecule has 0 saturated carbocycles. The molecule has 110 valence electrons. The molecule has 3 N–H and O–H groups in total. The zero-order valence-electron chi connectivity index (χ0n) is 12.5. The van der Waals surface area contributed by atoms with Crippen molar-refractivity contribution in [1.29, 1.82) is 0 Å². The Hall–Kier alpha value is -2.13. The minimum atomic E-state index is -0.459. The molecule has 0 aliphatic rings. The fourth-order valence-electron chi connectivity index (χ4n) is 2.23. The van der Waals surface area contributed by atoms with Gasteiger partial charge in [0.1, 0.15) is 0 Å². The number of amides is 1. The third kappa shape index (κ3) is 4.43. The van der Waals surface area contributed by atoms with Crippen LogP contribution in [-0.2, 0) is 4.79 Å². The first-order chi connectivity index (χ1) is 10.1. The normalized spacial score (nSPS) is 12.2. The van der Waals surface area contributed by atoms with Crippen LogP contribution in [0.5, 0.6) is 0 Å². The van der Waals surface area contributed by atoms with Gasteiger partial charge in [-0.05, 0) is 35.6 Å². The summed E-state index contributed by atoms with van der Waals surface area (Å²) >= 11 is 0. The molecule has 21 heavy (non-hydrogen) atoms. The molecule has 2 rings (SSSR count). The van der Waals surface area contributed by atoms with E-state index in [2.05, 4.69) is 31.3 Å². The van der Waals surface area contributed by atoms with Crippen molar-refractivity contribution < 1.29 is 4.79 Å². The van der Waals surface area contributed by atoms with Gasteiger partial charge in [0, 0.05) is 5.69 Å². The summed E-state index contributed by atoms with van der Waals surface area (Å²) in [5.41, 5.74) is 8.94. The Labute approximate surface area is 126 Å². The first-order valence-corrected chi connectivity index (χ1v) is 7.28. The molecular formula is C18H22N2O. The molecule has 0 bridgehead atoms. The second-order valence-electron chi connectivity index (χ2n) is 5.67. The standard InChI is InChI=1S/C18H22N2O/c1-13(2)12-17(19)18(21)20-16-10-8-15(9-11-16)14-6-4-3-5-7-14/h3-11,13,17H,12,19H2,1-2H3,(H,20,21)/t17-/m0/s1. The van der Waals surface area contributed by atoms with E-state index in [0.717, 1.165) is 16.8 Å². The number of nitrogens with one attached hydrogen (secondary N) is 1. The minimum Gasteiger partial charge on any atom is -0.325 e. The van der Waals surface area contributed by atoms with Crippen molar-refractivity contribution in [2.45, 2.75) is 26.3 Å². The molecule has 0 radical (unpaired) electrons. The van der Waals surface area contributed by atoms with E-state index >= 15 is 0 Å². The van der Waals surface area contributed by atoms with Crippen LogP contribution in [0.3, 0.4) is 0 Å². The molecule has 0 saturated heterocycles. The lowest BCUT2D eigenvalue weighted by Crippen LogP contribution is -2.36. The molecule has 0 unspecified atom stereocenters. The third-order valence-electron chi connectivity index (χ3n) is 3.32. The van der Waals surface area contributed by atoms with E-state index < -0.39 is 6.04 Å². The van der Waals surface area contributed by atoms with Gasteiger partial charge in [-0.15, -0.1) is 0 Å². The molecule has 3 heteroatoms. The van der Waals surface area contributed by atoms with Gasteiger partial charge in [-0.25, -0.2) is 0 Å². The lowest BCUT2D eigenvalue weighted by molar-refractivity contribution is -0.117. The van der Waals surface area contributed by atoms with Gasteiger partial charge in [0.15, 0.2) is 0 Å². The number of carbonyl (C=O) groups is 1. The van der Waals surface area contributed by atoms with Gasteiger partial charge in [0.05, 0.1) is 6.04 Å². The molecule has 2 aromatic carbocycles. The summed E-state index contributed by atoms with van der Waals surface area (Å²) in [5, 5.41) is 2.86. The molecule has 0 aliphatic carbocycles. The highest BCUT2D eigenvalue weighted by Crippen LogP contribution is 2.21. The Morgan fingerprint density at radius 1 is 1.00 bits per heavy atom. The van der Waals surface area contributed by atoms with Crippen molar-refractivity contribution in [3.05, 3.63) is 54.6 Å². The lowest BCUT2D eigenvalue weighted by atomic mass is 10.0. The van der Waals surface area contributed by atoms with Crippen LogP contribution in [0.1, 0.15) is 20.3 Å². The van der Waals surface area contributed by atoms with Crippen LogP contribution in [-0.4, -0.2) is 11.9 Å². The Kier molecular flexibility index (Phi) is 5.12. The molecule has 0 fully saturated rings. The van der Waals surface area contributed by atoms with Gasteiger partial charge in [-0.1, -0.05) is 56.3 Å². The number of carbonyl (C=O) groups excluding carboxylic acids is 1. The molecule has 0 heterocycles. The first kappa shape index (κ1) is 15.3. The number of benzene rings is 2. The highest BCUT2D eigenvalue weighted by molar-refractivity contribution is 5.94. The fraction of sp³-hybridized carbons (Fsp3) is 0.278. The molecular weight excluding hydrogens is 260 g/mol. The highest BCUT2D eigenvalue weighted by atomic mass is 16.2. The molecule has 2 aromatic rings. The van der Waals surface area contributed by atoms with Crippen LogP contribution in [0.2, 0.25) is 0 Å². The highest BCUT2D eigenvalue weighted by Gasteiger charge is 2.14. The average molecular weight is 282 g/mol. The van der Waals surface area contributed by atoms with E-state index in [1.807, 2.05) is 42.5 Å². The van der Waals surface area contributed by atoms with Crippen molar-refractivity contribution in [1.82, 2.24) is 0 Å². The molecule has 1 amide bonds. The van der Waals surface area contributed by atoms with Crippen molar-refractivity contribution >= 4 is 11.6 Å². The Balaban J connectivity index is 2.01. The summed E-state index contributed by atoms with van der Waals surface area (Å²) < 4.78 is 0. The number of rotatable bonds is 5. The van der Waals surface area contributed by atoms with E-state index in [-0.39, 0.29) is 5.91 Å². The van der Waals surface area contributed by atoms with Crippen molar-refractivity contribution in [3.8, 4) is 11.1 Å². The second-order valence-corrected chi connectivity index (χ2v) is 5.67. The predicted molar refractivity (Wildman–Crippen MR) is 87.9 cm³/mol. The largest absolute Gasteiger partial charge is 0.325 e. The Morgan fingerprint density at radius 3 is 2.14 bits per heavy atom. The van der Waals surface area contributed by atoms with E-state index in [9.17, 15) is 4.79 Å². The van der Waals surface area contributed by atoms with Gasteiger partial charge in [-0.2, -0.15) is 0 Å². The summed E-state index contributed by atoms with van der Waals surface area (Å²) in [6, 6.07) is 17.5. The molecule has 1 atom stereocenters. The monoisotopic (exact) mass is 282 g/mol. The quantitative estimate of drug-likeness (QED) is 0.879. The first-order valence-electron chi connectivity index (χ1n) is 7.28. The lowest BCUT2D eigenvalue weighted by Gasteiger charge is -2.14. The number of hydrogen-bond donors (Lipinski definition) is 2. The van der Waals surface area contributed by atoms with E-state index in [1.165, 1.54) is 0 Å². The van der Waals surface area contributed by atoms with Gasteiger partial charge in [0.25, 0.3) is 0 Å². The Bertz CT molecular complexity index is 576. The Morgan fingerprint density at radius 2 is 1.57 bits per heavy atom. The molecule has 0 aromatic heterocycles. The fourth-order valence-corrected chi connectivity index (χ4v) is 2.23. The summed E-state index contributed by atoms with van der Waals surface area (Å²) in [6.07, 6.45) is 0.688. The number of anilines is 1. The van der Waals surface area contributed by atoms with Crippen molar-refractivity contribution in [2.24, 2.45) is 11.7 Å². The molecule has 0 aliphatic heterocycles. The van der Waals surface area contributed by atoms with Crippen LogP contribution in [0, 0.1) is 5.92 Å². The van der Waals surface area contributed by atoms with E-state index in [4.69, 9.17) is 5.73 Å². The maximum atomic E-state index is 12.0. The van der Waals surface area contributed by atoms with Crippen molar-refractivity contribution in [3.63, 3.8) is 0 Å². The smallest absolute Gasteiger partial charge is 0.241 e. The predicted octanol–water partition coefficient (Wildman–Crippen LogP) is 3.67.